The standard InChI is InChI=1S/C14H17F2NO/c1-17(11-14(15)16)10-13-7-5-12(6-8-13)4-2-3-9-18/h5-8,14,18H,3,9-11H2,1H3. The van der Waals surface area contributed by atoms with Gasteiger partial charge in [0.2, 0.25) is 0 Å². The molecule has 0 atom stereocenters. The molecule has 18 heavy (non-hydrogen) atoms. The second-order valence-corrected chi connectivity index (χ2v) is 4.06. The van der Waals surface area contributed by atoms with Crippen molar-refractivity contribution < 1.29 is 13.9 Å². The van der Waals surface area contributed by atoms with Crippen molar-refractivity contribution in [3.63, 3.8) is 0 Å². The first-order valence-electron chi connectivity index (χ1n) is 5.77. The molecule has 1 aromatic carbocycles. The summed E-state index contributed by atoms with van der Waals surface area (Å²) in [7, 11) is 1.67. The lowest BCUT2D eigenvalue weighted by atomic mass is 10.1. The van der Waals surface area contributed by atoms with Gasteiger partial charge in [0.1, 0.15) is 0 Å². The number of hydrogen-bond acceptors (Lipinski definition) is 2. The third-order valence-corrected chi connectivity index (χ3v) is 2.33. The molecule has 2 nitrogen and oxygen atoms in total. The van der Waals surface area contributed by atoms with Gasteiger partial charge < -0.3 is 5.11 Å². The predicted octanol–water partition coefficient (Wildman–Crippen LogP) is 2.12. The molecule has 0 saturated carbocycles. The van der Waals surface area contributed by atoms with E-state index in [2.05, 4.69) is 11.8 Å². The first-order valence-corrected chi connectivity index (χ1v) is 5.77. The van der Waals surface area contributed by atoms with E-state index in [0.29, 0.717) is 13.0 Å². The Balaban J connectivity index is 2.53. The van der Waals surface area contributed by atoms with E-state index in [0.717, 1.165) is 11.1 Å². The molecule has 0 bridgehead atoms. The Morgan fingerprint density at radius 2 is 1.94 bits per heavy atom. The highest BCUT2D eigenvalue weighted by Crippen LogP contribution is 2.07. The summed E-state index contributed by atoms with van der Waals surface area (Å²) < 4.78 is 24.3. The van der Waals surface area contributed by atoms with Crippen molar-refractivity contribution in [1.82, 2.24) is 4.90 Å². The highest BCUT2D eigenvalue weighted by atomic mass is 19.3. The van der Waals surface area contributed by atoms with Crippen LogP contribution in [0.15, 0.2) is 24.3 Å². The van der Waals surface area contributed by atoms with Crippen LogP contribution in [0.5, 0.6) is 0 Å². The normalized spacial score (nSPS) is 10.6. The summed E-state index contributed by atoms with van der Waals surface area (Å²) in [6.07, 6.45) is -1.85. The molecule has 0 aliphatic heterocycles. The zero-order valence-electron chi connectivity index (χ0n) is 10.4. The highest BCUT2D eigenvalue weighted by Gasteiger charge is 2.07. The van der Waals surface area contributed by atoms with Gasteiger partial charge >= 0.3 is 0 Å². The maximum absolute atomic E-state index is 12.1. The second-order valence-electron chi connectivity index (χ2n) is 4.06. The number of rotatable bonds is 5. The highest BCUT2D eigenvalue weighted by molar-refractivity contribution is 5.36. The van der Waals surface area contributed by atoms with E-state index >= 15 is 0 Å². The summed E-state index contributed by atoms with van der Waals surface area (Å²) >= 11 is 0. The topological polar surface area (TPSA) is 23.5 Å². The number of nitrogens with zero attached hydrogens (tertiary/aromatic N) is 1. The summed E-state index contributed by atoms with van der Waals surface area (Å²) in [6, 6.07) is 7.47. The third kappa shape index (κ3) is 5.76. The zero-order valence-corrected chi connectivity index (χ0v) is 10.4. The van der Waals surface area contributed by atoms with Crippen molar-refractivity contribution in [1.29, 1.82) is 0 Å². The van der Waals surface area contributed by atoms with Crippen LogP contribution in [-0.2, 0) is 6.54 Å². The van der Waals surface area contributed by atoms with Gasteiger partial charge in [-0.1, -0.05) is 24.0 Å². The molecule has 4 heteroatoms. The number of alkyl halides is 2. The van der Waals surface area contributed by atoms with Gasteiger partial charge in [-0.2, -0.15) is 0 Å². The molecule has 0 spiro atoms. The van der Waals surface area contributed by atoms with E-state index in [-0.39, 0.29) is 13.2 Å². The minimum absolute atomic E-state index is 0.0590. The monoisotopic (exact) mass is 253 g/mol. The van der Waals surface area contributed by atoms with Crippen LogP contribution in [0.3, 0.4) is 0 Å². The lowest BCUT2D eigenvalue weighted by Crippen LogP contribution is -2.23. The van der Waals surface area contributed by atoms with Gasteiger partial charge in [-0.3, -0.25) is 4.90 Å². The molecule has 98 valence electrons. The van der Waals surface area contributed by atoms with Gasteiger partial charge in [-0.25, -0.2) is 8.78 Å². The Bertz CT molecular complexity index is 406. The first-order chi connectivity index (χ1) is 8.61. The average Bonchev–Trinajstić information content (AvgIpc) is 2.30. The Kier molecular flexibility index (Phi) is 6.34. The molecule has 0 aliphatic carbocycles. The molecule has 0 saturated heterocycles. The molecule has 0 heterocycles. The molecule has 0 amide bonds. The van der Waals surface area contributed by atoms with Crippen molar-refractivity contribution >= 4 is 0 Å². The maximum atomic E-state index is 12.1. The molecule has 0 radical (unpaired) electrons. The van der Waals surface area contributed by atoms with E-state index in [1.165, 1.54) is 0 Å². The third-order valence-electron chi connectivity index (χ3n) is 2.33. The average molecular weight is 253 g/mol. The number of hydrogen-bond donors (Lipinski definition) is 1. The van der Waals surface area contributed by atoms with Crippen LogP contribution >= 0.6 is 0 Å². The van der Waals surface area contributed by atoms with Crippen LogP contribution in [0.25, 0.3) is 0 Å². The fourth-order valence-corrected chi connectivity index (χ4v) is 1.53. The van der Waals surface area contributed by atoms with Crippen LogP contribution in [0, 0.1) is 11.8 Å². The van der Waals surface area contributed by atoms with Crippen LogP contribution in [0.1, 0.15) is 17.5 Å². The molecular weight excluding hydrogens is 236 g/mol. The number of benzene rings is 1. The summed E-state index contributed by atoms with van der Waals surface area (Å²) in [5.41, 5.74) is 1.84. The minimum atomic E-state index is -2.31. The molecule has 0 fully saturated rings. The molecule has 1 rings (SSSR count). The van der Waals surface area contributed by atoms with E-state index in [9.17, 15) is 8.78 Å². The fraction of sp³-hybridized carbons (Fsp3) is 0.429. The van der Waals surface area contributed by atoms with Gasteiger partial charge in [-0.05, 0) is 24.7 Å². The van der Waals surface area contributed by atoms with E-state index in [1.807, 2.05) is 24.3 Å². The summed E-state index contributed by atoms with van der Waals surface area (Å²) in [5, 5.41) is 8.59. The Hall–Kier alpha value is -1.44. The van der Waals surface area contributed by atoms with Crippen molar-refractivity contribution in [3.8, 4) is 11.8 Å². The number of halogens is 2. The van der Waals surface area contributed by atoms with E-state index in [1.54, 1.807) is 11.9 Å². The number of aliphatic hydroxyl groups excluding tert-OH is 1. The van der Waals surface area contributed by atoms with Gasteiger partial charge in [-0.15, -0.1) is 0 Å². The van der Waals surface area contributed by atoms with Gasteiger partial charge in [0, 0.05) is 18.5 Å². The fourth-order valence-electron chi connectivity index (χ4n) is 1.53. The lowest BCUT2D eigenvalue weighted by molar-refractivity contribution is 0.0975. The Morgan fingerprint density at radius 3 is 2.50 bits per heavy atom. The largest absolute Gasteiger partial charge is 0.395 e. The van der Waals surface area contributed by atoms with Crippen molar-refractivity contribution in [2.45, 2.75) is 19.4 Å². The van der Waals surface area contributed by atoms with Crippen molar-refractivity contribution in [2.75, 3.05) is 20.2 Å². The van der Waals surface area contributed by atoms with Gasteiger partial charge in [0.05, 0.1) is 13.2 Å². The van der Waals surface area contributed by atoms with Crippen LogP contribution in [0.4, 0.5) is 8.78 Å². The molecule has 0 aromatic heterocycles. The maximum Gasteiger partial charge on any atom is 0.251 e. The number of aliphatic hydroxyl groups is 1. The SMILES string of the molecule is CN(Cc1ccc(C#CCCO)cc1)CC(F)F. The van der Waals surface area contributed by atoms with Crippen LogP contribution in [0.2, 0.25) is 0 Å². The minimum Gasteiger partial charge on any atom is -0.395 e. The van der Waals surface area contributed by atoms with Gasteiger partial charge in [0.25, 0.3) is 6.43 Å². The van der Waals surface area contributed by atoms with Gasteiger partial charge in [0.15, 0.2) is 0 Å². The molecular formula is C14H17F2NO. The molecule has 1 aromatic rings. The lowest BCUT2D eigenvalue weighted by Gasteiger charge is -2.15. The van der Waals surface area contributed by atoms with Crippen LogP contribution < -0.4 is 0 Å². The first kappa shape index (κ1) is 14.6. The van der Waals surface area contributed by atoms with Crippen molar-refractivity contribution in [3.05, 3.63) is 35.4 Å². The summed E-state index contributed by atoms with van der Waals surface area (Å²) in [6.45, 7) is 0.330. The van der Waals surface area contributed by atoms with Crippen LogP contribution in [-0.4, -0.2) is 36.6 Å². The van der Waals surface area contributed by atoms with E-state index < -0.39 is 6.43 Å². The second kappa shape index (κ2) is 7.80. The predicted molar refractivity (Wildman–Crippen MR) is 67.4 cm³/mol. The zero-order chi connectivity index (χ0) is 13.4. The Labute approximate surface area is 106 Å². The molecule has 0 unspecified atom stereocenters. The molecule has 1 N–H and O–H groups in total. The Morgan fingerprint density at radius 1 is 1.28 bits per heavy atom. The molecule has 0 aliphatic rings. The van der Waals surface area contributed by atoms with E-state index in [4.69, 9.17) is 5.11 Å². The smallest absolute Gasteiger partial charge is 0.251 e. The summed E-state index contributed by atoms with van der Waals surface area (Å²) in [5.74, 6) is 5.74. The van der Waals surface area contributed by atoms with Crippen molar-refractivity contribution in [2.24, 2.45) is 0 Å². The summed E-state index contributed by atoms with van der Waals surface area (Å²) in [4.78, 5) is 1.58. The quantitative estimate of drug-likeness (QED) is 0.812.